The number of piperidine rings is 1. The van der Waals surface area contributed by atoms with E-state index in [2.05, 4.69) is 0 Å². The number of carbonyl (C=O) groups is 1. The van der Waals surface area contributed by atoms with Crippen LogP contribution in [0.25, 0.3) is 0 Å². The molecule has 0 spiro atoms. The molecule has 1 heterocycles. The van der Waals surface area contributed by atoms with Crippen molar-refractivity contribution in [2.45, 2.75) is 24.5 Å². The molecule has 24 heavy (non-hydrogen) atoms. The Kier molecular flexibility index (Phi) is 5.67. The van der Waals surface area contributed by atoms with Crippen molar-refractivity contribution in [1.82, 2.24) is 9.80 Å². The van der Waals surface area contributed by atoms with Crippen LogP contribution in [0.5, 0.6) is 0 Å². The third kappa shape index (κ3) is 3.96. The van der Waals surface area contributed by atoms with Gasteiger partial charge in [-0.25, -0.2) is 8.42 Å². The number of benzene rings is 1. The second-order valence-electron chi connectivity index (χ2n) is 6.67. The number of likely N-dealkylation sites (tertiary alicyclic amines) is 1. The number of nitrogens with zero attached hydrogens (tertiary/aromatic N) is 2. The summed E-state index contributed by atoms with van der Waals surface area (Å²) < 4.78 is 22.5. The zero-order valence-corrected chi connectivity index (χ0v) is 15.3. The number of likely N-dealkylation sites (N-methyl/N-ethyl adjacent to an activating group) is 1. The van der Waals surface area contributed by atoms with Gasteiger partial charge in [0.25, 0.3) is 0 Å². The maximum absolute atomic E-state index is 12.2. The predicted molar refractivity (Wildman–Crippen MR) is 93.3 cm³/mol. The summed E-state index contributed by atoms with van der Waals surface area (Å²) >= 11 is 0. The summed E-state index contributed by atoms with van der Waals surface area (Å²) in [7, 11) is 0.687. The summed E-state index contributed by atoms with van der Waals surface area (Å²) in [6.07, 6.45) is 0.935. The van der Waals surface area contributed by atoms with Gasteiger partial charge < -0.3 is 10.0 Å². The first kappa shape index (κ1) is 18.9. The molecule has 1 aliphatic rings. The van der Waals surface area contributed by atoms with Crippen molar-refractivity contribution in [2.75, 3.05) is 39.2 Å². The molecular weight excluding hydrogens is 328 g/mol. The molecule has 1 aromatic rings. The summed E-state index contributed by atoms with van der Waals surface area (Å²) in [5.74, 6) is -0.379. The summed E-state index contributed by atoms with van der Waals surface area (Å²) in [5.41, 5.74) is 0.472. The zero-order chi connectivity index (χ0) is 18.0. The van der Waals surface area contributed by atoms with Gasteiger partial charge in [0.15, 0.2) is 0 Å². The largest absolute Gasteiger partial charge is 0.389 e. The summed E-state index contributed by atoms with van der Waals surface area (Å²) in [6.45, 7) is 0.697. The minimum absolute atomic E-state index is 0.0359. The molecule has 6 nitrogen and oxygen atoms in total. The van der Waals surface area contributed by atoms with Gasteiger partial charge in [-0.1, -0.05) is 30.3 Å². The summed E-state index contributed by atoms with van der Waals surface area (Å²) in [6, 6.07) is 9.80. The second kappa shape index (κ2) is 7.21. The van der Waals surface area contributed by atoms with Crippen LogP contribution in [0.2, 0.25) is 0 Å². The van der Waals surface area contributed by atoms with Crippen LogP contribution in [-0.2, 0) is 20.2 Å². The van der Waals surface area contributed by atoms with Crippen LogP contribution in [0.4, 0.5) is 0 Å². The SMILES string of the molecule is CN(C)[C@]1(c2ccccc2)CCN(C(=O)CCS(C)(=O)=O)C[C@H]1O. The third-order valence-corrected chi connectivity index (χ3v) is 5.76. The van der Waals surface area contributed by atoms with E-state index in [0.29, 0.717) is 13.0 Å². The lowest BCUT2D eigenvalue weighted by Crippen LogP contribution is -2.60. The Morgan fingerprint density at radius 3 is 2.46 bits per heavy atom. The molecule has 0 aliphatic carbocycles. The molecule has 0 saturated carbocycles. The molecule has 0 unspecified atom stereocenters. The van der Waals surface area contributed by atoms with Gasteiger partial charge in [-0.2, -0.15) is 0 Å². The lowest BCUT2D eigenvalue weighted by atomic mass is 9.77. The van der Waals surface area contributed by atoms with Gasteiger partial charge in [0.1, 0.15) is 9.84 Å². The lowest BCUT2D eigenvalue weighted by molar-refractivity contribution is -0.140. The molecule has 0 aromatic heterocycles. The van der Waals surface area contributed by atoms with Crippen molar-refractivity contribution in [3.05, 3.63) is 35.9 Å². The first-order valence-electron chi connectivity index (χ1n) is 8.03. The molecule has 1 amide bonds. The van der Waals surface area contributed by atoms with Gasteiger partial charge >= 0.3 is 0 Å². The lowest BCUT2D eigenvalue weighted by Gasteiger charge is -2.49. The number of carbonyl (C=O) groups excluding carboxylic acids is 1. The Hall–Kier alpha value is -1.44. The highest BCUT2D eigenvalue weighted by Gasteiger charge is 2.46. The van der Waals surface area contributed by atoms with Gasteiger partial charge in [0, 0.05) is 25.8 Å². The number of aliphatic hydroxyl groups excluding tert-OH is 1. The highest BCUT2D eigenvalue weighted by Crippen LogP contribution is 2.37. The molecule has 0 bridgehead atoms. The third-order valence-electron chi connectivity index (χ3n) is 4.82. The van der Waals surface area contributed by atoms with E-state index in [1.807, 2.05) is 49.3 Å². The smallest absolute Gasteiger partial charge is 0.223 e. The predicted octanol–water partition coefficient (Wildman–Crippen LogP) is 0.471. The Balaban J connectivity index is 2.15. The Labute approximate surface area is 144 Å². The fraction of sp³-hybridized carbons (Fsp3) is 0.588. The average molecular weight is 354 g/mol. The molecule has 1 saturated heterocycles. The van der Waals surface area contributed by atoms with Crippen molar-refractivity contribution < 1.29 is 18.3 Å². The monoisotopic (exact) mass is 354 g/mol. The van der Waals surface area contributed by atoms with Crippen LogP contribution in [0.1, 0.15) is 18.4 Å². The van der Waals surface area contributed by atoms with E-state index in [0.717, 1.165) is 11.8 Å². The number of hydrogen-bond acceptors (Lipinski definition) is 5. The number of β-amino-alcohol motifs (C(OH)–C–C–N with tert-alkyl or cyclic N) is 1. The number of hydrogen-bond donors (Lipinski definition) is 1. The van der Waals surface area contributed by atoms with Gasteiger partial charge in [0.2, 0.25) is 5.91 Å². The molecule has 0 radical (unpaired) electrons. The van der Waals surface area contributed by atoms with Crippen LogP contribution in [0.3, 0.4) is 0 Å². The van der Waals surface area contributed by atoms with Gasteiger partial charge in [-0.15, -0.1) is 0 Å². The molecule has 7 heteroatoms. The second-order valence-corrected chi connectivity index (χ2v) is 8.93. The fourth-order valence-electron chi connectivity index (χ4n) is 3.42. The molecule has 2 atom stereocenters. The van der Waals surface area contributed by atoms with E-state index in [4.69, 9.17) is 0 Å². The highest BCUT2D eigenvalue weighted by molar-refractivity contribution is 7.90. The average Bonchev–Trinajstić information content (AvgIpc) is 2.52. The molecule has 1 aliphatic heterocycles. The number of sulfone groups is 1. The van der Waals surface area contributed by atoms with Crippen LogP contribution >= 0.6 is 0 Å². The number of rotatable bonds is 5. The fourth-order valence-corrected chi connectivity index (χ4v) is 3.97. The quantitative estimate of drug-likeness (QED) is 0.832. The van der Waals surface area contributed by atoms with E-state index < -0.39 is 21.5 Å². The van der Waals surface area contributed by atoms with Crippen LogP contribution in [0.15, 0.2) is 30.3 Å². The summed E-state index contributed by atoms with van der Waals surface area (Å²) in [5, 5.41) is 10.8. The number of aliphatic hydroxyl groups is 1. The van der Waals surface area contributed by atoms with Gasteiger partial charge in [-0.05, 0) is 26.1 Å². The van der Waals surface area contributed by atoms with Gasteiger partial charge in [-0.3, -0.25) is 9.69 Å². The first-order chi connectivity index (χ1) is 11.2. The summed E-state index contributed by atoms with van der Waals surface area (Å²) in [4.78, 5) is 15.8. The molecule has 1 N–H and O–H groups in total. The minimum Gasteiger partial charge on any atom is -0.389 e. The Bertz CT molecular complexity index is 675. The maximum atomic E-state index is 12.2. The van der Waals surface area contributed by atoms with E-state index in [9.17, 15) is 18.3 Å². The van der Waals surface area contributed by atoms with Crippen molar-refractivity contribution in [3.63, 3.8) is 0 Å². The first-order valence-corrected chi connectivity index (χ1v) is 10.1. The maximum Gasteiger partial charge on any atom is 0.223 e. The molecular formula is C17H26N2O4S. The Morgan fingerprint density at radius 1 is 1.33 bits per heavy atom. The molecule has 2 rings (SSSR count). The van der Waals surface area contributed by atoms with E-state index in [1.54, 1.807) is 4.90 Å². The van der Waals surface area contributed by atoms with Gasteiger partial charge in [0.05, 0.1) is 17.4 Å². The van der Waals surface area contributed by atoms with Crippen LogP contribution < -0.4 is 0 Å². The van der Waals surface area contributed by atoms with Crippen molar-refractivity contribution in [3.8, 4) is 0 Å². The van der Waals surface area contributed by atoms with Crippen molar-refractivity contribution in [1.29, 1.82) is 0 Å². The van der Waals surface area contributed by atoms with Crippen LogP contribution in [0, 0.1) is 0 Å². The standard InChI is InChI=1S/C17H26N2O4S/c1-18(2)17(14-7-5-4-6-8-14)10-11-19(13-15(17)20)16(21)9-12-24(3,22)23/h4-8,15,20H,9-13H2,1-3H3/t15-,17+/m1/s1. The normalized spacial score (nSPS) is 25.0. The topological polar surface area (TPSA) is 77.9 Å². The Morgan fingerprint density at radius 2 is 1.96 bits per heavy atom. The highest BCUT2D eigenvalue weighted by atomic mass is 32.2. The van der Waals surface area contributed by atoms with E-state index >= 15 is 0 Å². The minimum atomic E-state index is -3.17. The molecule has 134 valence electrons. The van der Waals surface area contributed by atoms with Crippen LogP contribution in [-0.4, -0.2) is 74.5 Å². The molecule has 1 fully saturated rings. The van der Waals surface area contributed by atoms with Crippen molar-refractivity contribution >= 4 is 15.7 Å². The van der Waals surface area contributed by atoms with E-state index in [-0.39, 0.29) is 24.6 Å². The van der Waals surface area contributed by atoms with E-state index in [1.165, 1.54) is 0 Å². The number of amides is 1. The molecule has 1 aromatic carbocycles. The zero-order valence-electron chi connectivity index (χ0n) is 14.5. The van der Waals surface area contributed by atoms with Crippen molar-refractivity contribution in [2.24, 2.45) is 0 Å².